The molecule has 0 heterocycles. The predicted octanol–water partition coefficient (Wildman–Crippen LogP) is 3.52. The van der Waals surface area contributed by atoms with Crippen molar-refractivity contribution < 1.29 is 9.66 Å². The zero-order valence-corrected chi connectivity index (χ0v) is 11.2. The smallest absolute Gasteiger partial charge is 0.333 e. The molecule has 0 aromatic heterocycles. The van der Waals surface area contributed by atoms with E-state index in [0.29, 0.717) is 11.7 Å². The highest BCUT2D eigenvalue weighted by atomic mass is 16.6. The van der Waals surface area contributed by atoms with Crippen molar-refractivity contribution in [1.29, 1.82) is 0 Å². The first-order valence-corrected chi connectivity index (χ1v) is 6.81. The van der Waals surface area contributed by atoms with Crippen LogP contribution in [0.5, 0.6) is 5.75 Å². The van der Waals surface area contributed by atoms with Crippen LogP contribution in [0, 0.1) is 16.0 Å². The van der Waals surface area contributed by atoms with Gasteiger partial charge in [0.1, 0.15) is 5.69 Å². The van der Waals surface area contributed by atoms with Gasteiger partial charge in [-0.3, -0.25) is 10.1 Å². The summed E-state index contributed by atoms with van der Waals surface area (Å²) in [5.41, 5.74) is 5.71. The van der Waals surface area contributed by atoms with E-state index in [4.69, 9.17) is 10.5 Å². The number of nitrogen functional groups attached to an aromatic ring is 1. The molecule has 1 fully saturated rings. The van der Waals surface area contributed by atoms with Crippen LogP contribution in [0.3, 0.4) is 0 Å². The van der Waals surface area contributed by atoms with E-state index in [-0.39, 0.29) is 17.5 Å². The molecule has 0 bridgehead atoms. The SMILES string of the molecule is CCC1CCCC(Oc2cccc(N)c2[N+](=O)[O-])C1. The Morgan fingerprint density at radius 3 is 2.95 bits per heavy atom. The van der Waals surface area contributed by atoms with Gasteiger partial charge < -0.3 is 10.5 Å². The molecule has 1 aliphatic carbocycles. The van der Waals surface area contributed by atoms with Crippen molar-refractivity contribution in [3.05, 3.63) is 28.3 Å². The van der Waals surface area contributed by atoms with Crippen molar-refractivity contribution in [1.82, 2.24) is 0 Å². The van der Waals surface area contributed by atoms with Gasteiger partial charge in [0, 0.05) is 0 Å². The van der Waals surface area contributed by atoms with Gasteiger partial charge in [-0.1, -0.05) is 25.8 Å². The second kappa shape index (κ2) is 5.91. The van der Waals surface area contributed by atoms with Crippen molar-refractivity contribution in [3.8, 4) is 5.75 Å². The molecule has 1 aliphatic rings. The fourth-order valence-electron chi connectivity index (χ4n) is 2.73. The second-order valence-corrected chi connectivity index (χ2v) is 5.13. The molecule has 0 amide bonds. The van der Waals surface area contributed by atoms with Crippen molar-refractivity contribution in [2.45, 2.75) is 45.1 Å². The molecule has 0 aliphatic heterocycles. The van der Waals surface area contributed by atoms with E-state index in [0.717, 1.165) is 25.7 Å². The summed E-state index contributed by atoms with van der Waals surface area (Å²) in [6.45, 7) is 2.18. The number of benzene rings is 1. The third-order valence-electron chi connectivity index (χ3n) is 3.82. The van der Waals surface area contributed by atoms with Gasteiger partial charge in [0.25, 0.3) is 0 Å². The zero-order chi connectivity index (χ0) is 13.8. The minimum absolute atomic E-state index is 0.0687. The van der Waals surface area contributed by atoms with Crippen LogP contribution in [0.2, 0.25) is 0 Å². The lowest BCUT2D eigenvalue weighted by molar-refractivity contribution is -0.385. The molecule has 2 atom stereocenters. The Labute approximate surface area is 112 Å². The molecular formula is C14H20N2O3. The van der Waals surface area contributed by atoms with Crippen LogP contribution < -0.4 is 10.5 Å². The minimum Gasteiger partial charge on any atom is -0.483 e. The molecule has 1 aromatic carbocycles. The maximum absolute atomic E-state index is 11.1. The maximum atomic E-state index is 11.1. The summed E-state index contributed by atoms with van der Waals surface area (Å²) >= 11 is 0. The van der Waals surface area contributed by atoms with E-state index in [1.165, 1.54) is 12.5 Å². The third kappa shape index (κ3) is 3.16. The first-order chi connectivity index (χ1) is 9.11. The molecular weight excluding hydrogens is 244 g/mol. The molecule has 0 radical (unpaired) electrons. The number of anilines is 1. The lowest BCUT2D eigenvalue weighted by atomic mass is 9.85. The minimum atomic E-state index is -0.467. The fraction of sp³-hybridized carbons (Fsp3) is 0.571. The third-order valence-corrected chi connectivity index (χ3v) is 3.82. The molecule has 104 valence electrons. The highest BCUT2D eigenvalue weighted by molar-refractivity contribution is 5.65. The number of hydrogen-bond acceptors (Lipinski definition) is 4. The number of nitrogens with zero attached hydrogens (tertiary/aromatic N) is 1. The molecule has 5 nitrogen and oxygen atoms in total. The lowest BCUT2D eigenvalue weighted by Crippen LogP contribution is -2.25. The number of rotatable bonds is 4. The Balaban J connectivity index is 2.14. The molecule has 2 unspecified atom stereocenters. The maximum Gasteiger partial charge on any atom is 0.333 e. The molecule has 0 spiro atoms. The standard InChI is InChI=1S/C14H20N2O3/c1-2-10-5-3-6-11(9-10)19-13-8-4-7-12(15)14(13)16(17)18/h4,7-8,10-11H,2-3,5-6,9,15H2,1H3. The fourth-order valence-corrected chi connectivity index (χ4v) is 2.73. The van der Waals surface area contributed by atoms with E-state index >= 15 is 0 Å². The van der Waals surface area contributed by atoms with Crippen LogP contribution in [0.25, 0.3) is 0 Å². The number of nitro benzene ring substituents is 1. The highest BCUT2D eigenvalue weighted by Crippen LogP contribution is 2.36. The quantitative estimate of drug-likeness (QED) is 0.512. The van der Waals surface area contributed by atoms with Crippen LogP contribution in [0.15, 0.2) is 18.2 Å². The van der Waals surface area contributed by atoms with Gasteiger partial charge in [-0.05, 0) is 37.3 Å². The summed E-state index contributed by atoms with van der Waals surface area (Å²) < 4.78 is 5.84. The topological polar surface area (TPSA) is 78.4 Å². The summed E-state index contributed by atoms with van der Waals surface area (Å²) in [5, 5.41) is 11.1. The molecule has 1 saturated carbocycles. The molecule has 5 heteroatoms. The first-order valence-electron chi connectivity index (χ1n) is 6.81. The summed E-state index contributed by atoms with van der Waals surface area (Å²) in [6, 6.07) is 4.85. The lowest BCUT2D eigenvalue weighted by Gasteiger charge is -2.28. The van der Waals surface area contributed by atoms with E-state index in [2.05, 4.69) is 6.92 Å². The van der Waals surface area contributed by atoms with E-state index in [1.54, 1.807) is 12.1 Å². The monoisotopic (exact) mass is 264 g/mol. The Morgan fingerprint density at radius 2 is 2.26 bits per heavy atom. The summed E-state index contributed by atoms with van der Waals surface area (Å²) in [6.07, 6.45) is 5.50. The number of hydrogen-bond donors (Lipinski definition) is 1. The zero-order valence-electron chi connectivity index (χ0n) is 11.2. The molecule has 1 aromatic rings. The summed E-state index contributed by atoms with van der Waals surface area (Å²) in [4.78, 5) is 10.6. The van der Waals surface area contributed by atoms with Crippen LogP contribution in [-0.4, -0.2) is 11.0 Å². The second-order valence-electron chi connectivity index (χ2n) is 5.13. The van der Waals surface area contributed by atoms with Gasteiger partial charge in [0.15, 0.2) is 5.75 Å². The van der Waals surface area contributed by atoms with Crippen LogP contribution in [0.1, 0.15) is 39.0 Å². The number of para-hydroxylation sites is 1. The number of nitro groups is 1. The molecule has 19 heavy (non-hydrogen) atoms. The van der Waals surface area contributed by atoms with Crippen molar-refractivity contribution in [2.75, 3.05) is 5.73 Å². The van der Waals surface area contributed by atoms with Crippen LogP contribution >= 0.6 is 0 Å². The van der Waals surface area contributed by atoms with E-state index in [9.17, 15) is 10.1 Å². The Bertz CT molecular complexity index is 462. The van der Waals surface area contributed by atoms with Gasteiger partial charge in [0.05, 0.1) is 11.0 Å². The Morgan fingerprint density at radius 1 is 1.47 bits per heavy atom. The Hall–Kier alpha value is -1.78. The average Bonchev–Trinajstić information content (AvgIpc) is 2.38. The first kappa shape index (κ1) is 13.6. The predicted molar refractivity (Wildman–Crippen MR) is 74.2 cm³/mol. The van der Waals surface area contributed by atoms with Gasteiger partial charge >= 0.3 is 5.69 Å². The average molecular weight is 264 g/mol. The van der Waals surface area contributed by atoms with E-state index < -0.39 is 4.92 Å². The van der Waals surface area contributed by atoms with Crippen LogP contribution in [0.4, 0.5) is 11.4 Å². The largest absolute Gasteiger partial charge is 0.483 e. The summed E-state index contributed by atoms with van der Waals surface area (Å²) in [5.74, 6) is 0.964. The number of ether oxygens (including phenoxy) is 1. The molecule has 2 N–H and O–H groups in total. The molecule has 2 rings (SSSR count). The van der Waals surface area contributed by atoms with Gasteiger partial charge in [0.2, 0.25) is 0 Å². The van der Waals surface area contributed by atoms with Crippen LogP contribution in [-0.2, 0) is 0 Å². The van der Waals surface area contributed by atoms with Crippen molar-refractivity contribution in [2.24, 2.45) is 5.92 Å². The van der Waals surface area contributed by atoms with Gasteiger partial charge in [-0.25, -0.2) is 0 Å². The number of nitrogens with two attached hydrogens (primary N) is 1. The normalized spacial score (nSPS) is 23.0. The van der Waals surface area contributed by atoms with E-state index in [1.807, 2.05) is 0 Å². The van der Waals surface area contributed by atoms with Gasteiger partial charge in [-0.15, -0.1) is 0 Å². The Kier molecular flexibility index (Phi) is 4.24. The highest BCUT2D eigenvalue weighted by Gasteiger charge is 2.26. The van der Waals surface area contributed by atoms with Crippen molar-refractivity contribution in [3.63, 3.8) is 0 Å². The van der Waals surface area contributed by atoms with Crippen molar-refractivity contribution >= 4 is 11.4 Å². The van der Waals surface area contributed by atoms with Gasteiger partial charge in [-0.2, -0.15) is 0 Å². The summed E-state index contributed by atoms with van der Waals surface area (Å²) in [7, 11) is 0. The molecule has 0 saturated heterocycles.